The highest BCUT2D eigenvalue weighted by molar-refractivity contribution is 6.03. The lowest BCUT2D eigenvalue weighted by atomic mass is 9.92. The minimum atomic E-state index is -0.535. The summed E-state index contributed by atoms with van der Waals surface area (Å²) in [6, 6.07) is 7.63. The zero-order valence-corrected chi connectivity index (χ0v) is 16.1. The van der Waals surface area contributed by atoms with E-state index in [1.54, 1.807) is 12.1 Å². The first-order valence-corrected chi connectivity index (χ1v) is 9.06. The SMILES string of the molecule is CC.CC(C)=CCc1c(O)cc(O)c2c1OC(c1ccc(O)cc1)CC2=O. The van der Waals surface area contributed by atoms with Crippen LogP contribution in [-0.2, 0) is 6.42 Å². The Kier molecular flexibility index (Phi) is 6.50. The van der Waals surface area contributed by atoms with Gasteiger partial charge >= 0.3 is 0 Å². The lowest BCUT2D eigenvalue weighted by Gasteiger charge is -2.28. The zero-order valence-electron chi connectivity index (χ0n) is 16.1. The molecule has 0 aliphatic carbocycles. The normalized spacial score (nSPS) is 15.1. The molecule has 5 nitrogen and oxygen atoms in total. The topological polar surface area (TPSA) is 87.0 Å². The Morgan fingerprint density at radius 2 is 1.74 bits per heavy atom. The molecule has 0 spiro atoms. The maximum absolute atomic E-state index is 12.6. The summed E-state index contributed by atoms with van der Waals surface area (Å²) in [5.41, 5.74) is 2.40. The fraction of sp³-hybridized carbons (Fsp3) is 0.318. The highest BCUT2D eigenvalue weighted by Gasteiger charge is 2.33. The van der Waals surface area contributed by atoms with Gasteiger partial charge in [-0.2, -0.15) is 0 Å². The van der Waals surface area contributed by atoms with Gasteiger partial charge in [0, 0.05) is 11.6 Å². The number of carbonyl (C=O) groups is 1. The van der Waals surface area contributed by atoms with E-state index in [-0.39, 0.29) is 40.8 Å². The number of phenols is 3. The molecule has 3 rings (SSSR count). The number of hydrogen-bond donors (Lipinski definition) is 3. The largest absolute Gasteiger partial charge is 0.508 e. The first-order valence-electron chi connectivity index (χ1n) is 9.06. The number of aromatic hydroxyl groups is 3. The van der Waals surface area contributed by atoms with Crippen LogP contribution >= 0.6 is 0 Å². The number of ether oxygens (including phenoxy) is 1. The zero-order chi connectivity index (χ0) is 20.1. The van der Waals surface area contributed by atoms with Gasteiger partial charge in [0.05, 0.1) is 6.42 Å². The second-order valence-corrected chi connectivity index (χ2v) is 6.41. The smallest absolute Gasteiger partial charge is 0.174 e. The molecule has 5 heteroatoms. The molecule has 0 aromatic heterocycles. The van der Waals surface area contributed by atoms with Crippen molar-refractivity contribution < 1.29 is 24.9 Å². The number of Topliss-reactive ketones (excluding diaryl/α,β-unsaturated/α-hetero) is 1. The number of fused-ring (bicyclic) bond motifs is 1. The molecule has 0 amide bonds. The number of ketones is 1. The summed E-state index contributed by atoms with van der Waals surface area (Å²) in [7, 11) is 0. The van der Waals surface area contributed by atoms with Crippen LogP contribution < -0.4 is 4.74 Å². The van der Waals surface area contributed by atoms with Crippen molar-refractivity contribution in [2.45, 2.75) is 46.6 Å². The molecule has 0 saturated heterocycles. The van der Waals surface area contributed by atoms with Crippen LogP contribution in [0.3, 0.4) is 0 Å². The van der Waals surface area contributed by atoms with E-state index in [0.717, 1.165) is 11.1 Å². The van der Waals surface area contributed by atoms with Crippen LogP contribution in [0.25, 0.3) is 0 Å². The maximum atomic E-state index is 12.6. The molecular formula is C22H26O5. The molecule has 2 aromatic carbocycles. The second-order valence-electron chi connectivity index (χ2n) is 6.41. The van der Waals surface area contributed by atoms with Crippen molar-refractivity contribution in [2.75, 3.05) is 0 Å². The van der Waals surface area contributed by atoms with Gasteiger partial charge in [0.25, 0.3) is 0 Å². The van der Waals surface area contributed by atoms with E-state index in [0.29, 0.717) is 12.0 Å². The Balaban J connectivity index is 0.00000126. The van der Waals surface area contributed by atoms with Crippen LogP contribution in [0.5, 0.6) is 23.0 Å². The van der Waals surface area contributed by atoms with Crippen LogP contribution in [0, 0.1) is 0 Å². The van der Waals surface area contributed by atoms with Crippen molar-refractivity contribution in [1.82, 2.24) is 0 Å². The molecule has 0 fully saturated rings. The lowest BCUT2D eigenvalue weighted by Crippen LogP contribution is -2.21. The van der Waals surface area contributed by atoms with Gasteiger partial charge in [-0.3, -0.25) is 4.79 Å². The monoisotopic (exact) mass is 370 g/mol. The molecular weight excluding hydrogens is 344 g/mol. The van der Waals surface area contributed by atoms with Gasteiger partial charge in [0.1, 0.15) is 34.7 Å². The predicted octanol–water partition coefficient (Wildman–Crippen LogP) is 5.04. The molecule has 1 aliphatic heterocycles. The molecule has 0 radical (unpaired) electrons. The van der Waals surface area contributed by atoms with E-state index < -0.39 is 6.10 Å². The Morgan fingerprint density at radius 1 is 1.11 bits per heavy atom. The molecule has 27 heavy (non-hydrogen) atoms. The molecule has 1 atom stereocenters. The van der Waals surface area contributed by atoms with E-state index in [9.17, 15) is 20.1 Å². The number of rotatable bonds is 3. The minimum absolute atomic E-state index is 0.0815. The average Bonchev–Trinajstić information content (AvgIpc) is 2.62. The highest BCUT2D eigenvalue weighted by atomic mass is 16.5. The van der Waals surface area contributed by atoms with Crippen LogP contribution in [0.15, 0.2) is 42.0 Å². The number of phenolic OH excluding ortho intramolecular Hbond substituents is 3. The standard InChI is InChI=1S/C20H20O5.C2H6/c1-11(2)3-8-14-15(22)9-16(23)19-17(24)10-18(25-20(14)19)12-4-6-13(21)7-5-12;1-2/h3-7,9,18,21-23H,8,10H2,1-2H3;1-2H3. The van der Waals surface area contributed by atoms with Gasteiger partial charge in [-0.15, -0.1) is 0 Å². The summed E-state index contributed by atoms with van der Waals surface area (Å²) >= 11 is 0. The molecule has 144 valence electrons. The van der Waals surface area contributed by atoms with Gasteiger partial charge in [0.2, 0.25) is 0 Å². The van der Waals surface area contributed by atoms with Crippen LogP contribution in [0.2, 0.25) is 0 Å². The third-order valence-electron chi connectivity index (χ3n) is 4.23. The molecule has 3 N–H and O–H groups in total. The Bertz CT molecular complexity index is 846. The molecule has 1 aliphatic rings. The Morgan fingerprint density at radius 3 is 2.33 bits per heavy atom. The lowest BCUT2D eigenvalue weighted by molar-refractivity contribution is 0.0842. The Hall–Kier alpha value is -2.95. The molecule has 1 heterocycles. The van der Waals surface area contributed by atoms with E-state index in [2.05, 4.69) is 0 Å². The fourth-order valence-corrected chi connectivity index (χ4v) is 2.90. The summed E-state index contributed by atoms with van der Waals surface area (Å²) in [5, 5.41) is 29.7. The molecule has 0 bridgehead atoms. The molecule has 2 aromatic rings. The molecule has 1 unspecified atom stereocenters. The number of hydrogen-bond acceptors (Lipinski definition) is 5. The van der Waals surface area contributed by atoms with Gasteiger partial charge in [0.15, 0.2) is 5.78 Å². The average molecular weight is 370 g/mol. The summed E-state index contributed by atoms with van der Waals surface area (Å²) < 4.78 is 6.00. The van der Waals surface area contributed by atoms with E-state index in [1.165, 1.54) is 18.2 Å². The van der Waals surface area contributed by atoms with E-state index in [1.807, 2.05) is 33.8 Å². The van der Waals surface area contributed by atoms with Crippen molar-refractivity contribution in [2.24, 2.45) is 0 Å². The van der Waals surface area contributed by atoms with Gasteiger partial charge in [-0.05, 0) is 38.0 Å². The minimum Gasteiger partial charge on any atom is -0.508 e. The summed E-state index contributed by atoms with van der Waals surface area (Å²) in [6.45, 7) is 7.88. The summed E-state index contributed by atoms with van der Waals surface area (Å²) in [5.74, 6) is -0.263. The summed E-state index contributed by atoms with van der Waals surface area (Å²) in [6.07, 6.45) is 1.86. The third-order valence-corrected chi connectivity index (χ3v) is 4.23. The number of benzene rings is 2. The van der Waals surface area contributed by atoms with Crippen molar-refractivity contribution in [3.8, 4) is 23.0 Å². The van der Waals surface area contributed by atoms with Crippen molar-refractivity contribution in [3.05, 3.63) is 58.7 Å². The quantitative estimate of drug-likeness (QED) is 0.659. The molecule has 0 saturated carbocycles. The highest BCUT2D eigenvalue weighted by Crippen LogP contribution is 2.45. The van der Waals surface area contributed by atoms with Gasteiger partial charge in [-0.1, -0.05) is 37.6 Å². The first kappa shape index (κ1) is 20.4. The van der Waals surface area contributed by atoms with Crippen LogP contribution in [0.1, 0.15) is 61.7 Å². The van der Waals surface area contributed by atoms with E-state index in [4.69, 9.17) is 4.74 Å². The second kappa shape index (κ2) is 8.62. The van der Waals surface area contributed by atoms with Gasteiger partial charge in [-0.25, -0.2) is 0 Å². The van der Waals surface area contributed by atoms with Crippen molar-refractivity contribution in [1.29, 1.82) is 0 Å². The van der Waals surface area contributed by atoms with Gasteiger partial charge < -0.3 is 20.1 Å². The fourth-order valence-electron chi connectivity index (χ4n) is 2.90. The summed E-state index contributed by atoms with van der Waals surface area (Å²) in [4.78, 5) is 12.6. The van der Waals surface area contributed by atoms with Crippen molar-refractivity contribution in [3.63, 3.8) is 0 Å². The van der Waals surface area contributed by atoms with Crippen LogP contribution in [-0.4, -0.2) is 21.1 Å². The van der Waals surface area contributed by atoms with E-state index >= 15 is 0 Å². The number of carbonyl (C=O) groups excluding carboxylic acids is 1. The first-order chi connectivity index (χ1) is 12.9. The third kappa shape index (κ3) is 4.42. The van der Waals surface area contributed by atoms with Crippen LogP contribution in [0.4, 0.5) is 0 Å². The Labute approximate surface area is 159 Å². The van der Waals surface area contributed by atoms with Crippen molar-refractivity contribution >= 4 is 5.78 Å². The maximum Gasteiger partial charge on any atom is 0.174 e. The predicted molar refractivity (Wildman–Crippen MR) is 105 cm³/mol. The number of allylic oxidation sites excluding steroid dienone is 2.